The summed E-state index contributed by atoms with van der Waals surface area (Å²) in [6, 6.07) is 6.59. The van der Waals surface area contributed by atoms with Crippen molar-refractivity contribution in [3.63, 3.8) is 0 Å². The van der Waals surface area contributed by atoms with Crippen molar-refractivity contribution in [1.82, 2.24) is 19.3 Å². The quantitative estimate of drug-likeness (QED) is 0.287. The van der Waals surface area contributed by atoms with Gasteiger partial charge in [0.15, 0.2) is 5.69 Å². The molecule has 0 radical (unpaired) electrons. The molecule has 0 saturated carbocycles. The fraction of sp³-hybridized carbons (Fsp3) is 0.364. The SMILES string of the molecule is CCOC(=O)c1nc(C(=O)OC(C)(C)C)cn1Cc1ccc(Cn2cccn2)cc1[N+](=O)[O-]. The van der Waals surface area contributed by atoms with Gasteiger partial charge in [-0.25, -0.2) is 14.6 Å². The van der Waals surface area contributed by atoms with E-state index in [0.29, 0.717) is 17.7 Å². The highest BCUT2D eigenvalue weighted by atomic mass is 16.6. The number of carbonyl (C=O) groups excluding carboxylic acids is 2. The van der Waals surface area contributed by atoms with Crippen molar-refractivity contribution in [3.8, 4) is 0 Å². The number of benzene rings is 1. The van der Waals surface area contributed by atoms with Crippen molar-refractivity contribution in [2.24, 2.45) is 0 Å². The molecule has 174 valence electrons. The predicted molar refractivity (Wildman–Crippen MR) is 117 cm³/mol. The fourth-order valence-corrected chi connectivity index (χ4v) is 3.10. The number of rotatable bonds is 8. The van der Waals surface area contributed by atoms with Crippen molar-refractivity contribution < 1.29 is 24.0 Å². The zero-order valence-corrected chi connectivity index (χ0v) is 18.8. The topological polar surface area (TPSA) is 131 Å². The van der Waals surface area contributed by atoms with E-state index in [4.69, 9.17) is 9.47 Å². The Morgan fingerprint density at radius 3 is 2.55 bits per heavy atom. The normalized spacial score (nSPS) is 11.3. The second-order valence-corrected chi connectivity index (χ2v) is 8.22. The zero-order chi connectivity index (χ0) is 24.2. The van der Waals surface area contributed by atoms with Gasteiger partial charge in [-0.15, -0.1) is 0 Å². The van der Waals surface area contributed by atoms with E-state index >= 15 is 0 Å². The van der Waals surface area contributed by atoms with Crippen LogP contribution in [-0.4, -0.2) is 48.4 Å². The molecule has 0 spiro atoms. The number of ether oxygens (including phenoxy) is 2. The summed E-state index contributed by atoms with van der Waals surface area (Å²) in [7, 11) is 0. The summed E-state index contributed by atoms with van der Waals surface area (Å²) < 4.78 is 13.4. The van der Waals surface area contributed by atoms with Gasteiger partial charge in [-0.1, -0.05) is 12.1 Å². The smallest absolute Gasteiger partial charge is 0.374 e. The zero-order valence-electron chi connectivity index (χ0n) is 18.8. The number of nitro benzene ring substituents is 1. The molecular formula is C22H25N5O6. The van der Waals surface area contributed by atoms with Crippen molar-refractivity contribution >= 4 is 17.6 Å². The Morgan fingerprint density at radius 2 is 1.94 bits per heavy atom. The van der Waals surface area contributed by atoms with Gasteiger partial charge >= 0.3 is 11.9 Å². The number of imidazole rings is 1. The van der Waals surface area contributed by atoms with Gasteiger partial charge in [-0.05, 0) is 39.3 Å². The largest absolute Gasteiger partial charge is 0.460 e. The minimum absolute atomic E-state index is 0.0672. The first kappa shape index (κ1) is 23.6. The highest BCUT2D eigenvalue weighted by Crippen LogP contribution is 2.23. The van der Waals surface area contributed by atoms with Crippen LogP contribution in [0.3, 0.4) is 0 Å². The van der Waals surface area contributed by atoms with Crippen molar-refractivity contribution in [1.29, 1.82) is 0 Å². The van der Waals surface area contributed by atoms with E-state index in [1.807, 2.05) is 0 Å². The molecule has 1 aromatic carbocycles. The van der Waals surface area contributed by atoms with Gasteiger partial charge in [0.1, 0.15) is 5.60 Å². The summed E-state index contributed by atoms with van der Waals surface area (Å²) in [5.74, 6) is -1.60. The average Bonchev–Trinajstić information content (AvgIpc) is 3.38. The Balaban J connectivity index is 1.95. The fourth-order valence-electron chi connectivity index (χ4n) is 3.10. The molecule has 0 bridgehead atoms. The molecule has 3 rings (SSSR count). The lowest BCUT2D eigenvalue weighted by molar-refractivity contribution is -0.385. The van der Waals surface area contributed by atoms with Crippen LogP contribution in [0.5, 0.6) is 0 Å². The van der Waals surface area contributed by atoms with Gasteiger partial charge in [0, 0.05) is 30.2 Å². The second-order valence-electron chi connectivity index (χ2n) is 8.22. The molecule has 0 aliphatic heterocycles. The average molecular weight is 455 g/mol. The lowest BCUT2D eigenvalue weighted by atomic mass is 10.1. The Labute approximate surface area is 190 Å². The van der Waals surface area contributed by atoms with E-state index in [1.54, 1.807) is 63.0 Å². The molecule has 0 amide bonds. The van der Waals surface area contributed by atoms with Crippen LogP contribution in [0.1, 0.15) is 59.9 Å². The molecule has 0 N–H and O–H groups in total. The van der Waals surface area contributed by atoms with Crippen LogP contribution in [0.25, 0.3) is 0 Å². The van der Waals surface area contributed by atoms with Crippen LogP contribution in [0, 0.1) is 10.1 Å². The molecule has 0 fully saturated rings. The Hall–Kier alpha value is -4.02. The van der Waals surface area contributed by atoms with Crippen molar-refractivity contribution in [3.05, 3.63) is 75.6 Å². The number of nitrogens with zero attached hydrogens (tertiary/aromatic N) is 5. The van der Waals surface area contributed by atoms with Gasteiger partial charge in [0.25, 0.3) is 5.69 Å². The van der Waals surface area contributed by atoms with E-state index in [-0.39, 0.29) is 30.4 Å². The number of hydrogen-bond donors (Lipinski definition) is 0. The van der Waals surface area contributed by atoms with E-state index in [1.165, 1.54) is 16.8 Å². The van der Waals surface area contributed by atoms with Gasteiger partial charge in [0.05, 0.1) is 24.6 Å². The van der Waals surface area contributed by atoms with Crippen LogP contribution in [0.15, 0.2) is 42.9 Å². The number of esters is 2. The Morgan fingerprint density at radius 1 is 1.18 bits per heavy atom. The molecule has 2 aromatic heterocycles. The Bertz CT molecular complexity index is 1160. The molecule has 33 heavy (non-hydrogen) atoms. The number of aromatic nitrogens is 4. The van der Waals surface area contributed by atoms with Gasteiger partial charge in [0.2, 0.25) is 5.82 Å². The third-order valence-electron chi connectivity index (χ3n) is 4.43. The van der Waals surface area contributed by atoms with Crippen LogP contribution >= 0.6 is 0 Å². The molecule has 11 heteroatoms. The molecule has 3 aromatic rings. The molecule has 0 unspecified atom stereocenters. The summed E-state index contributed by atoms with van der Waals surface area (Å²) in [5, 5.41) is 15.9. The van der Waals surface area contributed by atoms with Gasteiger partial charge in [-0.3, -0.25) is 14.8 Å². The maximum Gasteiger partial charge on any atom is 0.374 e. The summed E-state index contributed by atoms with van der Waals surface area (Å²) >= 11 is 0. The lowest BCUT2D eigenvalue weighted by Gasteiger charge is -2.18. The summed E-state index contributed by atoms with van der Waals surface area (Å²) in [6.07, 6.45) is 4.72. The van der Waals surface area contributed by atoms with Gasteiger partial charge in [-0.2, -0.15) is 5.10 Å². The second kappa shape index (κ2) is 9.63. The lowest BCUT2D eigenvalue weighted by Crippen LogP contribution is -2.24. The third-order valence-corrected chi connectivity index (χ3v) is 4.43. The first-order chi connectivity index (χ1) is 15.6. The van der Waals surface area contributed by atoms with E-state index in [2.05, 4.69) is 10.1 Å². The van der Waals surface area contributed by atoms with Gasteiger partial charge < -0.3 is 14.0 Å². The highest BCUT2D eigenvalue weighted by Gasteiger charge is 2.26. The van der Waals surface area contributed by atoms with Crippen molar-refractivity contribution in [2.45, 2.75) is 46.4 Å². The summed E-state index contributed by atoms with van der Waals surface area (Å²) in [4.78, 5) is 40.2. The summed E-state index contributed by atoms with van der Waals surface area (Å²) in [5.41, 5.74) is 0.0596. The van der Waals surface area contributed by atoms with Crippen LogP contribution < -0.4 is 0 Å². The van der Waals surface area contributed by atoms with E-state index in [9.17, 15) is 19.7 Å². The number of nitro groups is 1. The first-order valence-corrected chi connectivity index (χ1v) is 10.3. The predicted octanol–water partition coefficient (Wildman–Crippen LogP) is 3.22. The molecular weight excluding hydrogens is 430 g/mol. The number of carbonyl (C=O) groups is 2. The highest BCUT2D eigenvalue weighted by molar-refractivity contribution is 5.91. The van der Waals surface area contributed by atoms with E-state index in [0.717, 1.165) is 0 Å². The Kier molecular flexibility index (Phi) is 6.90. The third kappa shape index (κ3) is 6.03. The number of hydrogen-bond acceptors (Lipinski definition) is 8. The monoisotopic (exact) mass is 455 g/mol. The molecule has 11 nitrogen and oxygen atoms in total. The first-order valence-electron chi connectivity index (χ1n) is 10.3. The van der Waals surface area contributed by atoms with Crippen LogP contribution in [-0.2, 0) is 22.6 Å². The minimum atomic E-state index is -0.756. The molecule has 0 aliphatic carbocycles. The van der Waals surface area contributed by atoms with Crippen LogP contribution in [0.2, 0.25) is 0 Å². The molecule has 0 saturated heterocycles. The summed E-state index contributed by atoms with van der Waals surface area (Å²) in [6.45, 7) is 7.18. The van der Waals surface area contributed by atoms with Crippen LogP contribution in [0.4, 0.5) is 5.69 Å². The minimum Gasteiger partial charge on any atom is -0.460 e. The molecule has 0 atom stereocenters. The molecule has 2 heterocycles. The standard InChI is InChI=1S/C22H25N5O6/c1-5-32-21(29)19-24-17(20(28)33-22(2,3)4)14-25(19)13-16-8-7-15(11-18(16)27(30)31)12-26-10-6-9-23-26/h6-11,14H,5,12-13H2,1-4H3. The van der Waals surface area contributed by atoms with Crippen molar-refractivity contribution in [2.75, 3.05) is 6.61 Å². The maximum atomic E-state index is 12.5. The maximum absolute atomic E-state index is 12.5. The molecule has 0 aliphatic rings. The van der Waals surface area contributed by atoms with E-state index < -0.39 is 22.5 Å².